The lowest BCUT2D eigenvalue weighted by molar-refractivity contribution is 0.684. The lowest BCUT2D eigenvalue weighted by Crippen LogP contribution is -2.11. The molecule has 0 bridgehead atoms. The van der Waals surface area contributed by atoms with Gasteiger partial charge in [-0.05, 0) is 0 Å². The molecule has 0 aliphatic rings. The summed E-state index contributed by atoms with van der Waals surface area (Å²) < 4.78 is 11.1. The molecule has 0 aromatic carbocycles. The van der Waals surface area contributed by atoms with Gasteiger partial charge in [-0.1, -0.05) is 29.9 Å². The average molecular weight is 264 g/mol. The van der Waals surface area contributed by atoms with E-state index >= 15 is 0 Å². The first kappa shape index (κ1) is 12.4. The first-order valence-corrected chi connectivity index (χ1v) is 7.01. The van der Waals surface area contributed by atoms with Crippen molar-refractivity contribution >= 4 is 38.9 Å². The fourth-order valence-electron chi connectivity index (χ4n) is 0.862. The summed E-state index contributed by atoms with van der Waals surface area (Å²) in [5, 5.41) is 12.5. The third-order valence-corrected chi connectivity index (χ3v) is 4.22. The van der Waals surface area contributed by atoms with Crippen LogP contribution in [0, 0.1) is 11.3 Å². The molecule has 0 radical (unpaired) electrons. The molecule has 0 aliphatic carbocycles. The Hall–Kier alpha value is -0.640. The quantitative estimate of drug-likeness (QED) is 0.881. The molecule has 1 atom stereocenters. The van der Waals surface area contributed by atoms with E-state index in [-0.39, 0.29) is 5.15 Å². The second-order valence-electron chi connectivity index (χ2n) is 2.61. The van der Waals surface area contributed by atoms with Crippen LogP contribution >= 0.6 is 22.9 Å². The number of nitrogens with zero attached hydrogens (tertiary/aromatic N) is 2. The van der Waals surface area contributed by atoms with E-state index in [2.05, 4.69) is 10.3 Å². The Bertz CT molecular complexity index is 399. The van der Waals surface area contributed by atoms with Crippen LogP contribution in [-0.4, -0.2) is 27.2 Å². The van der Waals surface area contributed by atoms with Gasteiger partial charge in [0.25, 0.3) is 0 Å². The molecule has 1 N–H and O–H groups in total. The van der Waals surface area contributed by atoms with Gasteiger partial charge in [-0.15, -0.1) is 0 Å². The van der Waals surface area contributed by atoms with E-state index in [1.807, 2.05) is 13.0 Å². The highest BCUT2D eigenvalue weighted by atomic mass is 35.5. The topological polar surface area (TPSA) is 65.8 Å². The number of nitriles is 1. The molecule has 1 aromatic heterocycles. The standard InChI is InChI=1S/C8H10ClN3OS2/c1-2-15(13)4-3-11-8-12-7(9)6(5-10)14-8/h2-4H2,1H3,(H,11,12). The van der Waals surface area contributed by atoms with Crippen molar-refractivity contribution in [2.45, 2.75) is 6.92 Å². The normalized spacial score (nSPS) is 12.1. The lowest BCUT2D eigenvalue weighted by Gasteiger charge is -2.00. The Balaban J connectivity index is 2.45. The summed E-state index contributed by atoms with van der Waals surface area (Å²) in [5.74, 6) is 1.24. The van der Waals surface area contributed by atoms with Gasteiger partial charge in [0, 0.05) is 28.9 Å². The summed E-state index contributed by atoms with van der Waals surface area (Å²) in [6.45, 7) is 2.46. The van der Waals surface area contributed by atoms with Crippen molar-refractivity contribution in [3.8, 4) is 6.07 Å². The second kappa shape index (κ2) is 6.05. The Kier molecular flexibility index (Phi) is 5.02. The van der Waals surface area contributed by atoms with Crippen LogP contribution in [0.1, 0.15) is 11.8 Å². The fraction of sp³-hybridized carbons (Fsp3) is 0.500. The number of nitrogens with one attached hydrogen (secondary N) is 1. The lowest BCUT2D eigenvalue weighted by atomic mass is 10.6. The van der Waals surface area contributed by atoms with Crippen molar-refractivity contribution in [3.05, 3.63) is 10.0 Å². The van der Waals surface area contributed by atoms with Gasteiger partial charge >= 0.3 is 0 Å². The Morgan fingerprint density at radius 3 is 3.00 bits per heavy atom. The molecule has 7 heteroatoms. The average Bonchev–Trinajstić information content (AvgIpc) is 2.58. The summed E-state index contributed by atoms with van der Waals surface area (Å²) in [6, 6.07) is 1.95. The summed E-state index contributed by atoms with van der Waals surface area (Å²) in [5.41, 5.74) is 0. The van der Waals surface area contributed by atoms with Crippen LogP contribution in [0.3, 0.4) is 0 Å². The summed E-state index contributed by atoms with van der Waals surface area (Å²) >= 11 is 6.90. The first-order chi connectivity index (χ1) is 7.17. The Labute approximate surface area is 99.7 Å². The van der Waals surface area contributed by atoms with E-state index in [0.29, 0.717) is 28.1 Å². The van der Waals surface area contributed by atoms with Crippen LogP contribution in [0.2, 0.25) is 5.15 Å². The van der Waals surface area contributed by atoms with Crippen LogP contribution in [-0.2, 0) is 10.8 Å². The largest absolute Gasteiger partial charge is 0.361 e. The molecular weight excluding hydrogens is 254 g/mol. The number of hydrogen-bond donors (Lipinski definition) is 1. The van der Waals surface area contributed by atoms with Crippen molar-refractivity contribution in [3.63, 3.8) is 0 Å². The minimum absolute atomic E-state index is 0.224. The van der Waals surface area contributed by atoms with Gasteiger partial charge in [-0.3, -0.25) is 4.21 Å². The van der Waals surface area contributed by atoms with Gasteiger partial charge in [-0.25, -0.2) is 4.98 Å². The molecule has 4 nitrogen and oxygen atoms in total. The van der Waals surface area contributed by atoms with E-state index in [1.54, 1.807) is 0 Å². The fourth-order valence-corrected chi connectivity index (χ4v) is 2.45. The molecule has 0 spiro atoms. The maximum absolute atomic E-state index is 11.1. The van der Waals surface area contributed by atoms with Crippen LogP contribution in [0.25, 0.3) is 0 Å². The smallest absolute Gasteiger partial charge is 0.185 e. The third-order valence-electron chi connectivity index (χ3n) is 1.62. The number of thiazole rings is 1. The minimum Gasteiger partial charge on any atom is -0.361 e. The number of hydrogen-bond acceptors (Lipinski definition) is 5. The van der Waals surface area contributed by atoms with E-state index < -0.39 is 10.8 Å². The Morgan fingerprint density at radius 2 is 2.47 bits per heavy atom. The van der Waals surface area contributed by atoms with Gasteiger partial charge in [0.05, 0.1) is 0 Å². The second-order valence-corrected chi connectivity index (χ2v) is 5.83. The zero-order chi connectivity index (χ0) is 11.3. The van der Waals surface area contributed by atoms with Gasteiger partial charge < -0.3 is 5.32 Å². The molecule has 0 aliphatic heterocycles. The van der Waals surface area contributed by atoms with E-state index in [1.165, 1.54) is 11.3 Å². The highest BCUT2D eigenvalue weighted by Gasteiger charge is 2.07. The molecule has 0 saturated carbocycles. The van der Waals surface area contributed by atoms with Crippen LogP contribution < -0.4 is 5.32 Å². The zero-order valence-electron chi connectivity index (χ0n) is 8.12. The summed E-state index contributed by atoms with van der Waals surface area (Å²) in [7, 11) is -0.785. The van der Waals surface area contributed by atoms with Gasteiger partial charge in [0.1, 0.15) is 10.9 Å². The molecule has 0 amide bonds. The molecule has 1 heterocycles. The van der Waals surface area contributed by atoms with E-state index in [0.717, 1.165) is 0 Å². The minimum atomic E-state index is -0.785. The van der Waals surface area contributed by atoms with Crippen molar-refractivity contribution in [1.82, 2.24) is 4.98 Å². The van der Waals surface area contributed by atoms with Gasteiger partial charge in [0.15, 0.2) is 10.3 Å². The molecule has 1 aromatic rings. The molecule has 0 saturated heterocycles. The molecule has 1 unspecified atom stereocenters. The summed E-state index contributed by atoms with van der Waals surface area (Å²) in [4.78, 5) is 4.35. The molecule has 0 fully saturated rings. The van der Waals surface area contributed by atoms with Crippen molar-refractivity contribution in [2.24, 2.45) is 0 Å². The van der Waals surface area contributed by atoms with Crippen LogP contribution in [0.4, 0.5) is 5.13 Å². The van der Waals surface area contributed by atoms with Crippen LogP contribution in [0.15, 0.2) is 0 Å². The predicted octanol–water partition coefficient (Wildman–Crippen LogP) is 1.85. The number of rotatable bonds is 5. The van der Waals surface area contributed by atoms with Gasteiger partial charge in [-0.2, -0.15) is 5.26 Å². The van der Waals surface area contributed by atoms with Crippen molar-refractivity contribution in [1.29, 1.82) is 5.26 Å². The highest BCUT2D eigenvalue weighted by Crippen LogP contribution is 2.25. The van der Waals surface area contributed by atoms with Gasteiger partial charge in [0.2, 0.25) is 0 Å². The SMILES string of the molecule is CCS(=O)CCNc1nc(Cl)c(C#N)s1. The van der Waals surface area contributed by atoms with Crippen LogP contribution in [0.5, 0.6) is 0 Å². The number of aromatic nitrogens is 1. The number of halogens is 1. The first-order valence-electron chi connectivity index (χ1n) is 4.32. The summed E-state index contributed by atoms with van der Waals surface area (Å²) in [6.07, 6.45) is 0. The van der Waals surface area contributed by atoms with E-state index in [4.69, 9.17) is 16.9 Å². The van der Waals surface area contributed by atoms with Crippen molar-refractivity contribution in [2.75, 3.05) is 23.4 Å². The monoisotopic (exact) mass is 263 g/mol. The molecule has 1 rings (SSSR count). The Morgan fingerprint density at radius 1 is 1.73 bits per heavy atom. The predicted molar refractivity (Wildman–Crippen MR) is 63.9 cm³/mol. The van der Waals surface area contributed by atoms with Crippen molar-refractivity contribution < 1.29 is 4.21 Å². The third kappa shape index (κ3) is 3.78. The molecule has 82 valence electrons. The number of anilines is 1. The zero-order valence-corrected chi connectivity index (χ0v) is 10.5. The van der Waals surface area contributed by atoms with E-state index in [9.17, 15) is 4.21 Å². The molecule has 15 heavy (non-hydrogen) atoms. The molecular formula is C8H10ClN3OS2. The highest BCUT2D eigenvalue weighted by molar-refractivity contribution is 7.84. The maximum Gasteiger partial charge on any atom is 0.185 e. The maximum atomic E-state index is 11.1.